The number of nitrogens with zero attached hydrogens (tertiary/aromatic N) is 1. The van der Waals surface area contributed by atoms with E-state index < -0.39 is 0 Å². The zero-order valence-corrected chi connectivity index (χ0v) is 9.84. The molecule has 0 fully saturated rings. The molecule has 0 N–H and O–H groups in total. The molecule has 0 saturated carbocycles. The van der Waals surface area contributed by atoms with Gasteiger partial charge < -0.3 is 4.74 Å². The zero-order valence-electron chi connectivity index (χ0n) is 9.84. The fraction of sp³-hybridized carbons (Fsp3) is 0.133. The molecule has 2 aromatic carbocycles. The van der Waals surface area contributed by atoms with E-state index >= 15 is 0 Å². The Labute approximate surface area is 102 Å². The van der Waals surface area contributed by atoms with Crippen LogP contribution in [0.1, 0.15) is 12.5 Å². The van der Waals surface area contributed by atoms with Gasteiger partial charge in [0.05, 0.1) is 12.3 Å². The molecule has 0 saturated heterocycles. The van der Waals surface area contributed by atoms with E-state index in [9.17, 15) is 0 Å². The van der Waals surface area contributed by atoms with Gasteiger partial charge in [0.1, 0.15) is 0 Å². The molecule has 86 valence electrons. The highest BCUT2D eigenvalue weighted by Gasteiger charge is 2.03. The summed E-state index contributed by atoms with van der Waals surface area (Å²) in [4.78, 5) is 4.51. The van der Waals surface area contributed by atoms with E-state index in [2.05, 4.69) is 4.99 Å². The third kappa shape index (κ3) is 3.18. The molecule has 17 heavy (non-hydrogen) atoms. The second-order valence-electron chi connectivity index (χ2n) is 3.55. The van der Waals surface area contributed by atoms with Crippen molar-refractivity contribution in [3.05, 3.63) is 66.2 Å². The van der Waals surface area contributed by atoms with E-state index in [1.807, 2.05) is 67.6 Å². The van der Waals surface area contributed by atoms with E-state index in [0.717, 1.165) is 11.3 Å². The maximum atomic E-state index is 5.58. The van der Waals surface area contributed by atoms with Gasteiger partial charge in [0, 0.05) is 5.56 Å². The van der Waals surface area contributed by atoms with Gasteiger partial charge in [0.15, 0.2) is 0 Å². The second-order valence-corrected chi connectivity index (χ2v) is 3.55. The molecule has 0 aliphatic heterocycles. The van der Waals surface area contributed by atoms with E-state index in [1.165, 1.54) is 0 Å². The Morgan fingerprint density at radius 2 is 1.53 bits per heavy atom. The standard InChI is InChI=1S/C15H15NO/c1-2-17-15(13-9-5-3-6-10-13)16-14-11-7-4-8-12-14/h3-12H,2H2,1H3. The Balaban J connectivity index is 2.33. The summed E-state index contributed by atoms with van der Waals surface area (Å²) in [7, 11) is 0. The van der Waals surface area contributed by atoms with Crippen molar-refractivity contribution in [2.75, 3.05) is 6.61 Å². The molecule has 2 aromatic rings. The van der Waals surface area contributed by atoms with Crippen LogP contribution in [0.25, 0.3) is 0 Å². The Morgan fingerprint density at radius 1 is 0.941 bits per heavy atom. The van der Waals surface area contributed by atoms with E-state index in [-0.39, 0.29) is 0 Å². The van der Waals surface area contributed by atoms with Crippen LogP contribution in [0.5, 0.6) is 0 Å². The summed E-state index contributed by atoms with van der Waals surface area (Å²) in [5, 5.41) is 0. The molecule has 2 nitrogen and oxygen atoms in total. The lowest BCUT2D eigenvalue weighted by Gasteiger charge is -2.07. The summed E-state index contributed by atoms with van der Waals surface area (Å²) in [5.74, 6) is 0.666. The van der Waals surface area contributed by atoms with Crippen LogP contribution in [0.3, 0.4) is 0 Å². The lowest BCUT2D eigenvalue weighted by Crippen LogP contribution is -2.05. The number of para-hydroxylation sites is 1. The summed E-state index contributed by atoms with van der Waals surface area (Å²) in [6.07, 6.45) is 0. The fourth-order valence-corrected chi connectivity index (χ4v) is 1.52. The molecular formula is C15H15NO. The number of benzene rings is 2. The zero-order chi connectivity index (χ0) is 11.9. The van der Waals surface area contributed by atoms with Gasteiger partial charge in [0.2, 0.25) is 5.90 Å². The van der Waals surface area contributed by atoms with Crippen LogP contribution >= 0.6 is 0 Å². The molecule has 0 radical (unpaired) electrons. The summed E-state index contributed by atoms with van der Waals surface area (Å²) in [6, 6.07) is 19.8. The quantitative estimate of drug-likeness (QED) is 0.575. The SMILES string of the molecule is CCOC(=Nc1ccccc1)c1ccccc1. The van der Waals surface area contributed by atoms with Crippen LogP contribution in [-0.4, -0.2) is 12.5 Å². The molecule has 0 aliphatic carbocycles. The van der Waals surface area contributed by atoms with Crippen molar-refractivity contribution in [1.82, 2.24) is 0 Å². The van der Waals surface area contributed by atoms with E-state index in [1.54, 1.807) is 0 Å². The molecule has 0 spiro atoms. The van der Waals surface area contributed by atoms with Crippen LogP contribution in [-0.2, 0) is 4.74 Å². The molecule has 2 rings (SSSR count). The molecule has 0 aliphatic rings. The molecule has 0 amide bonds. The highest BCUT2D eigenvalue weighted by Crippen LogP contribution is 2.13. The molecule has 0 heterocycles. The summed E-state index contributed by atoms with van der Waals surface area (Å²) < 4.78 is 5.58. The average Bonchev–Trinajstić information content (AvgIpc) is 2.40. The average molecular weight is 225 g/mol. The number of ether oxygens (including phenoxy) is 1. The van der Waals surface area contributed by atoms with Crippen molar-refractivity contribution in [2.45, 2.75) is 6.92 Å². The van der Waals surface area contributed by atoms with Crippen molar-refractivity contribution in [3.8, 4) is 0 Å². The maximum Gasteiger partial charge on any atom is 0.221 e. The van der Waals surface area contributed by atoms with Gasteiger partial charge in [-0.15, -0.1) is 0 Å². The normalized spacial score (nSPS) is 11.2. The lowest BCUT2D eigenvalue weighted by atomic mass is 10.2. The first kappa shape index (κ1) is 11.4. The van der Waals surface area contributed by atoms with Crippen LogP contribution in [0.15, 0.2) is 65.7 Å². The number of hydrogen-bond donors (Lipinski definition) is 0. The molecule has 0 atom stereocenters. The molecule has 0 aromatic heterocycles. The van der Waals surface area contributed by atoms with Crippen LogP contribution in [0.2, 0.25) is 0 Å². The van der Waals surface area contributed by atoms with E-state index in [4.69, 9.17) is 4.74 Å². The number of rotatable bonds is 3. The largest absolute Gasteiger partial charge is 0.478 e. The van der Waals surface area contributed by atoms with Gasteiger partial charge in [-0.2, -0.15) is 0 Å². The Bertz CT molecular complexity index is 477. The minimum Gasteiger partial charge on any atom is -0.478 e. The minimum atomic E-state index is 0.612. The van der Waals surface area contributed by atoms with Crippen LogP contribution in [0.4, 0.5) is 5.69 Å². The molecule has 0 unspecified atom stereocenters. The topological polar surface area (TPSA) is 21.6 Å². The summed E-state index contributed by atoms with van der Waals surface area (Å²) in [5.41, 5.74) is 1.90. The predicted octanol–water partition coefficient (Wildman–Crippen LogP) is 3.80. The van der Waals surface area contributed by atoms with Crippen molar-refractivity contribution in [3.63, 3.8) is 0 Å². The van der Waals surface area contributed by atoms with Gasteiger partial charge >= 0.3 is 0 Å². The first-order valence-corrected chi connectivity index (χ1v) is 5.72. The van der Waals surface area contributed by atoms with Crippen molar-refractivity contribution in [1.29, 1.82) is 0 Å². The highest BCUT2D eigenvalue weighted by atomic mass is 16.5. The fourth-order valence-electron chi connectivity index (χ4n) is 1.52. The number of hydrogen-bond acceptors (Lipinski definition) is 2. The van der Waals surface area contributed by atoms with Gasteiger partial charge in [0.25, 0.3) is 0 Å². The minimum absolute atomic E-state index is 0.612. The van der Waals surface area contributed by atoms with Gasteiger partial charge in [-0.1, -0.05) is 36.4 Å². The Kier molecular flexibility index (Phi) is 3.92. The third-order valence-corrected chi connectivity index (χ3v) is 2.29. The van der Waals surface area contributed by atoms with Crippen molar-refractivity contribution >= 4 is 11.6 Å². The molecular weight excluding hydrogens is 210 g/mol. The highest BCUT2D eigenvalue weighted by molar-refractivity contribution is 5.95. The Hall–Kier alpha value is -2.09. The maximum absolute atomic E-state index is 5.58. The van der Waals surface area contributed by atoms with Crippen LogP contribution < -0.4 is 0 Å². The van der Waals surface area contributed by atoms with Gasteiger partial charge in [-0.3, -0.25) is 0 Å². The first-order valence-electron chi connectivity index (χ1n) is 5.72. The second kappa shape index (κ2) is 5.85. The van der Waals surface area contributed by atoms with Crippen LogP contribution in [0, 0.1) is 0 Å². The van der Waals surface area contributed by atoms with E-state index in [0.29, 0.717) is 12.5 Å². The monoisotopic (exact) mass is 225 g/mol. The van der Waals surface area contributed by atoms with Crippen molar-refractivity contribution in [2.24, 2.45) is 4.99 Å². The molecule has 0 bridgehead atoms. The summed E-state index contributed by atoms with van der Waals surface area (Å²) in [6.45, 7) is 2.57. The lowest BCUT2D eigenvalue weighted by molar-refractivity contribution is 0.329. The third-order valence-electron chi connectivity index (χ3n) is 2.29. The van der Waals surface area contributed by atoms with Gasteiger partial charge in [-0.25, -0.2) is 4.99 Å². The number of aliphatic imine (C=N–C) groups is 1. The van der Waals surface area contributed by atoms with Crippen molar-refractivity contribution < 1.29 is 4.74 Å². The Morgan fingerprint density at radius 3 is 2.12 bits per heavy atom. The smallest absolute Gasteiger partial charge is 0.221 e. The predicted molar refractivity (Wildman–Crippen MR) is 70.7 cm³/mol. The molecule has 2 heteroatoms. The van der Waals surface area contributed by atoms with Gasteiger partial charge in [-0.05, 0) is 31.2 Å². The first-order chi connectivity index (χ1) is 8.40. The summed E-state index contributed by atoms with van der Waals surface area (Å²) >= 11 is 0.